The summed E-state index contributed by atoms with van der Waals surface area (Å²) in [6, 6.07) is 0. The molecule has 17 heavy (non-hydrogen) atoms. The normalized spacial score (nSPS) is 26.1. The van der Waals surface area contributed by atoms with Gasteiger partial charge >= 0.3 is 111 Å². The van der Waals surface area contributed by atoms with Crippen molar-refractivity contribution in [2.24, 2.45) is 0 Å². The summed E-state index contributed by atoms with van der Waals surface area (Å²) in [6.45, 7) is 0. The summed E-state index contributed by atoms with van der Waals surface area (Å²) >= 11 is -21.8. The molecule has 17 heteroatoms. The quantitative estimate of drug-likeness (QED) is 0.482. The SMILES string of the molecule is [O]=[Cr]1(=[O])[O][Al]([O][Cr](=[O])(=[O])[O][Al]2[O][Cr](=[O])(=[O])[O]2)[O]1. The van der Waals surface area contributed by atoms with E-state index in [0.29, 0.717) is 0 Å². The first-order valence-electron chi connectivity index (χ1n) is 3.41. The van der Waals surface area contributed by atoms with Gasteiger partial charge in [-0.2, -0.15) is 0 Å². The molecule has 0 N–H and O–H groups in total. The van der Waals surface area contributed by atoms with E-state index < -0.39 is 71.1 Å². The molecule has 12 nitrogen and oxygen atoms in total. The molecular weight excluding hydrogens is 402 g/mol. The molecule has 0 aliphatic carbocycles. The monoisotopic (exact) mass is 402 g/mol. The molecule has 2 heterocycles. The Kier molecular flexibility index (Phi) is 4.00. The van der Waals surface area contributed by atoms with E-state index in [-0.39, 0.29) is 0 Å². The summed E-state index contributed by atoms with van der Waals surface area (Å²) in [6.07, 6.45) is 0. The fraction of sp³-hybridized carbons (Fsp3) is 0. The molecule has 0 saturated carbocycles. The Morgan fingerprint density at radius 3 is 1.29 bits per heavy atom. The van der Waals surface area contributed by atoms with Crippen LogP contribution in [0.3, 0.4) is 0 Å². The fourth-order valence-electron chi connectivity index (χ4n) is 0.679. The summed E-state index contributed by atoms with van der Waals surface area (Å²) in [5.74, 6) is 0. The van der Waals surface area contributed by atoms with E-state index >= 15 is 0 Å². The van der Waals surface area contributed by atoms with Gasteiger partial charge < -0.3 is 0 Å². The number of rotatable bonds is 4. The van der Waals surface area contributed by atoms with Crippen molar-refractivity contribution in [3.63, 3.8) is 0 Å². The van der Waals surface area contributed by atoms with Gasteiger partial charge in [0.25, 0.3) is 0 Å². The maximum atomic E-state index is 11.1. The van der Waals surface area contributed by atoms with E-state index in [2.05, 4.69) is 17.0 Å². The second kappa shape index (κ2) is 4.65. The number of hydrogen-bond donors (Lipinski definition) is 0. The zero-order valence-electron chi connectivity index (χ0n) is 7.28. The van der Waals surface area contributed by atoms with Crippen LogP contribution < -0.4 is 0 Å². The molecular formula is Al2Cr3O12. The van der Waals surface area contributed by atoms with E-state index in [1.165, 1.54) is 0 Å². The van der Waals surface area contributed by atoms with Gasteiger partial charge in [-0.05, 0) is 0 Å². The van der Waals surface area contributed by atoms with Crippen molar-refractivity contribution in [1.82, 2.24) is 0 Å². The van der Waals surface area contributed by atoms with Gasteiger partial charge in [-0.15, -0.1) is 0 Å². The molecule has 2 rings (SSSR count). The Labute approximate surface area is 110 Å². The van der Waals surface area contributed by atoms with Crippen LogP contribution in [0.1, 0.15) is 0 Å². The molecule has 2 saturated heterocycles. The van der Waals surface area contributed by atoms with Crippen molar-refractivity contribution in [3.8, 4) is 0 Å². The van der Waals surface area contributed by atoms with Crippen LogP contribution in [0.15, 0.2) is 0 Å². The second-order valence-electron chi connectivity index (χ2n) is 2.38. The zero-order valence-corrected chi connectivity index (χ0v) is 13.4. The molecule has 0 radical (unpaired) electrons. The predicted octanol–water partition coefficient (Wildman–Crippen LogP) is -1.89. The summed E-state index contributed by atoms with van der Waals surface area (Å²) in [5, 5.41) is 0. The van der Waals surface area contributed by atoms with Gasteiger partial charge in [0, 0.05) is 0 Å². The van der Waals surface area contributed by atoms with Gasteiger partial charge in [0.05, 0.1) is 0 Å². The molecule has 2 aliphatic rings. The topological polar surface area (TPSA) is 158 Å². The first-order valence-corrected chi connectivity index (χ1v) is 12.5. The van der Waals surface area contributed by atoms with Crippen LogP contribution in [0.25, 0.3) is 0 Å². The molecule has 2 fully saturated rings. The van der Waals surface area contributed by atoms with Crippen LogP contribution in [-0.2, 0) is 80.7 Å². The van der Waals surface area contributed by atoms with Crippen LogP contribution >= 0.6 is 0 Å². The third kappa shape index (κ3) is 4.09. The average Bonchev–Trinajstić information content (AvgIpc) is 1.94. The molecule has 2 aliphatic heterocycles. The molecule has 96 valence electrons. The van der Waals surface area contributed by atoms with Crippen molar-refractivity contribution in [2.45, 2.75) is 0 Å². The average molecular weight is 402 g/mol. The van der Waals surface area contributed by atoms with Crippen molar-refractivity contribution in [3.05, 3.63) is 0 Å². The summed E-state index contributed by atoms with van der Waals surface area (Å²) in [5.41, 5.74) is 0. The summed E-state index contributed by atoms with van der Waals surface area (Å²) in [4.78, 5) is 0. The van der Waals surface area contributed by atoms with E-state index in [1.54, 1.807) is 0 Å². The van der Waals surface area contributed by atoms with Crippen molar-refractivity contribution < 1.29 is 80.7 Å². The molecule has 0 aromatic carbocycles. The van der Waals surface area contributed by atoms with Crippen LogP contribution in [-0.4, -0.2) is 30.3 Å². The van der Waals surface area contributed by atoms with E-state index in [4.69, 9.17) is 0 Å². The molecule has 0 atom stereocenters. The Bertz CT molecular complexity index is 533. The Morgan fingerprint density at radius 2 is 1.06 bits per heavy atom. The maximum absolute atomic E-state index is 11.1. The van der Waals surface area contributed by atoms with Crippen molar-refractivity contribution in [2.75, 3.05) is 0 Å². The third-order valence-electron chi connectivity index (χ3n) is 1.18. The summed E-state index contributed by atoms with van der Waals surface area (Å²) < 4.78 is 88.2. The van der Waals surface area contributed by atoms with Gasteiger partial charge in [-0.25, -0.2) is 0 Å². The third-order valence-corrected chi connectivity index (χ3v) is 14.6. The first kappa shape index (κ1) is 14.6. The van der Waals surface area contributed by atoms with Gasteiger partial charge in [0.2, 0.25) is 0 Å². The standard InChI is InChI=1S/2Al.3Cr.12O. The zero-order chi connectivity index (χ0) is 12.9. The van der Waals surface area contributed by atoms with E-state index in [9.17, 15) is 22.8 Å². The molecule has 0 amide bonds. The van der Waals surface area contributed by atoms with Gasteiger partial charge in [0.1, 0.15) is 0 Å². The summed E-state index contributed by atoms with van der Waals surface area (Å²) in [7, 11) is 0. The Hall–Kier alpha value is 1.22. The van der Waals surface area contributed by atoms with Gasteiger partial charge in [0.15, 0.2) is 0 Å². The van der Waals surface area contributed by atoms with Crippen molar-refractivity contribution >= 4 is 30.3 Å². The number of hydrogen-bond acceptors (Lipinski definition) is 12. The first-order chi connectivity index (χ1) is 7.57. The van der Waals surface area contributed by atoms with Crippen LogP contribution in [0.5, 0.6) is 0 Å². The van der Waals surface area contributed by atoms with Gasteiger partial charge in [-0.1, -0.05) is 0 Å². The molecule has 0 unspecified atom stereocenters. The van der Waals surface area contributed by atoms with Crippen LogP contribution in [0, 0.1) is 0 Å². The van der Waals surface area contributed by atoms with Gasteiger partial charge in [-0.3, -0.25) is 0 Å². The minimum absolute atomic E-state index is 3.30. The molecule has 0 bridgehead atoms. The van der Waals surface area contributed by atoms with Crippen LogP contribution in [0.4, 0.5) is 0 Å². The fourth-order valence-corrected chi connectivity index (χ4v) is 11.4. The van der Waals surface area contributed by atoms with Crippen LogP contribution in [0.2, 0.25) is 0 Å². The molecule has 0 spiro atoms. The minimum atomic E-state index is -5.46. The second-order valence-corrected chi connectivity index (χ2v) is 13.9. The molecule has 0 aromatic heterocycles. The van der Waals surface area contributed by atoms with E-state index in [0.717, 1.165) is 0 Å². The van der Waals surface area contributed by atoms with Crippen molar-refractivity contribution in [1.29, 1.82) is 0 Å². The molecule has 0 aromatic rings. The predicted molar refractivity (Wildman–Crippen MR) is 22.1 cm³/mol. The Morgan fingerprint density at radius 1 is 0.765 bits per heavy atom. The van der Waals surface area contributed by atoms with E-state index in [1.807, 2.05) is 0 Å². The Balaban J connectivity index is 1.84.